The summed E-state index contributed by atoms with van der Waals surface area (Å²) in [5.41, 5.74) is 0. The molecule has 0 aliphatic carbocycles. The topological polar surface area (TPSA) is 80.5 Å². The van der Waals surface area contributed by atoms with Crippen LogP contribution in [-0.2, 0) is 20.0 Å². The van der Waals surface area contributed by atoms with E-state index in [-0.39, 0.29) is 0 Å². The number of hydrogen-bond donors (Lipinski definition) is 2. The lowest BCUT2D eigenvalue weighted by molar-refractivity contribution is 0.807. The number of anilines is 2. The Morgan fingerprint density at radius 2 is 1.89 bits per heavy atom. The first kappa shape index (κ1) is 13.3. The summed E-state index contributed by atoms with van der Waals surface area (Å²) >= 11 is 0. The van der Waals surface area contributed by atoms with Crippen LogP contribution in [-0.4, -0.2) is 31.3 Å². The first-order valence-electron chi connectivity index (χ1n) is 6.41. The molecule has 7 heteroatoms. The van der Waals surface area contributed by atoms with Crippen molar-refractivity contribution in [1.82, 2.24) is 24.7 Å². The lowest BCUT2D eigenvalue weighted by Gasteiger charge is -2.09. The van der Waals surface area contributed by atoms with Gasteiger partial charge in [0.15, 0.2) is 5.82 Å². The second-order valence-corrected chi connectivity index (χ2v) is 4.15. The van der Waals surface area contributed by atoms with Crippen molar-refractivity contribution >= 4 is 11.6 Å². The molecule has 2 aromatic rings. The largest absolute Gasteiger partial charge is 0.370 e. The number of hydrogen-bond acceptors (Lipinski definition) is 6. The third kappa shape index (κ3) is 3.40. The molecule has 19 heavy (non-hydrogen) atoms. The molecule has 0 aliphatic rings. The molecule has 0 amide bonds. The minimum Gasteiger partial charge on any atom is -0.370 e. The van der Waals surface area contributed by atoms with E-state index in [9.17, 15) is 0 Å². The SMILES string of the molecule is CCNc1cc(NCc2nncn2C)nc(CC)n1. The van der Waals surface area contributed by atoms with Crippen molar-refractivity contribution in [2.45, 2.75) is 26.8 Å². The maximum absolute atomic E-state index is 4.44. The average molecular weight is 261 g/mol. The maximum atomic E-state index is 4.44. The Bertz CT molecular complexity index is 535. The first-order chi connectivity index (χ1) is 9.22. The van der Waals surface area contributed by atoms with Gasteiger partial charge in [-0.05, 0) is 6.92 Å². The van der Waals surface area contributed by atoms with E-state index < -0.39 is 0 Å². The highest BCUT2D eigenvalue weighted by atomic mass is 15.3. The van der Waals surface area contributed by atoms with Gasteiger partial charge in [0.2, 0.25) is 0 Å². The zero-order valence-electron chi connectivity index (χ0n) is 11.5. The summed E-state index contributed by atoms with van der Waals surface area (Å²) in [6.45, 7) is 5.50. The molecule has 0 bridgehead atoms. The molecule has 0 unspecified atom stereocenters. The molecule has 0 fully saturated rings. The highest BCUT2D eigenvalue weighted by Gasteiger charge is 2.05. The molecule has 0 aromatic carbocycles. The Balaban J connectivity index is 2.10. The van der Waals surface area contributed by atoms with E-state index in [1.807, 2.05) is 31.5 Å². The zero-order valence-corrected chi connectivity index (χ0v) is 11.5. The van der Waals surface area contributed by atoms with Gasteiger partial charge in [-0.15, -0.1) is 10.2 Å². The van der Waals surface area contributed by atoms with Crippen LogP contribution in [0.15, 0.2) is 12.4 Å². The Morgan fingerprint density at radius 3 is 2.47 bits per heavy atom. The monoisotopic (exact) mass is 261 g/mol. The van der Waals surface area contributed by atoms with Gasteiger partial charge in [0.1, 0.15) is 23.8 Å². The van der Waals surface area contributed by atoms with E-state index in [1.165, 1.54) is 0 Å². The molecule has 0 radical (unpaired) electrons. The molecule has 7 nitrogen and oxygen atoms in total. The number of nitrogens with zero attached hydrogens (tertiary/aromatic N) is 5. The van der Waals surface area contributed by atoms with E-state index >= 15 is 0 Å². The Labute approximate surface area is 112 Å². The maximum Gasteiger partial charge on any atom is 0.151 e. The molecule has 0 spiro atoms. The van der Waals surface area contributed by atoms with E-state index in [0.29, 0.717) is 6.54 Å². The summed E-state index contributed by atoms with van der Waals surface area (Å²) in [5, 5.41) is 14.3. The van der Waals surface area contributed by atoms with Gasteiger partial charge >= 0.3 is 0 Å². The van der Waals surface area contributed by atoms with Crippen LogP contribution >= 0.6 is 0 Å². The van der Waals surface area contributed by atoms with Gasteiger partial charge in [-0.2, -0.15) is 0 Å². The normalized spacial score (nSPS) is 10.5. The summed E-state index contributed by atoms with van der Waals surface area (Å²) in [4.78, 5) is 8.85. The number of rotatable bonds is 6. The van der Waals surface area contributed by atoms with E-state index in [0.717, 1.165) is 36.3 Å². The summed E-state index contributed by atoms with van der Waals surface area (Å²) in [6.07, 6.45) is 2.48. The van der Waals surface area contributed by atoms with Gasteiger partial charge in [-0.1, -0.05) is 6.92 Å². The quantitative estimate of drug-likeness (QED) is 0.813. The molecule has 0 saturated carbocycles. The van der Waals surface area contributed by atoms with Crippen LogP contribution in [0.3, 0.4) is 0 Å². The molecule has 0 atom stereocenters. The second kappa shape index (κ2) is 6.12. The molecule has 102 valence electrons. The molecule has 2 N–H and O–H groups in total. The Hall–Kier alpha value is -2.18. The zero-order chi connectivity index (χ0) is 13.7. The minimum absolute atomic E-state index is 0.586. The average Bonchev–Trinajstić information content (AvgIpc) is 2.82. The van der Waals surface area contributed by atoms with Crippen LogP contribution < -0.4 is 10.6 Å². The van der Waals surface area contributed by atoms with Crippen molar-refractivity contribution < 1.29 is 0 Å². The van der Waals surface area contributed by atoms with Crippen LogP contribution in [0.2, 0.25) is 0 Å². The van der Waals surface area contributed by atoms with Crippen LogP contribution in [0.25, 0.3) is 0 Å². The fourth-order valence-electron chi connectivity index (χ4n) is 1.65. The van der Waals surface area contributed by atoms with Crippen molar-refractivity contribution in [3.05, 3.63) is 24.0 Å². The van der Waals surface area contributed by atoms with Crippen molar-refractivity contribution in [2.75, 3.05) is 17.2 Å². The Kier molecular flexibility index (Phi) is 4.27. The van der Waals surface area contributed by atoms with Crippen LogP contribution in [0, 0.1) is 0 Å². The summed E-state index contributed by atoms with van der Waals surface area (Å²) in [6, 6.07) is 1.90. The Morgan fingerprint density at radius 1 is 1.16 bits per heavy atom. The van der Waals surface area contributed by atoms with Crippen LogP contribution in [0.1, 0.15) is 25.5 Å². The highest BCUT2D eigenvalue weighted by molar-refractivity contribution is 5.47. The second-order valence-electron chi connectivity index (χ2n) is 4.15. The number of aromatic nitrogens is 5. The molecule has 2 rings (SSSR count). The lowest BCUT2D eigenvalue weighted by Crippen LogP contribution is -2.10. The van der Waals surface area contributed by atoms with Gasteiger partial charge in [0.05, 0.1) is 6.54 Å². The summed E-state index contributed by atoms with van der Waals surface area (Å²) in [7, 11) is 1.92. The van der Waals surface area contributed by atoms with Gasteiger partial charge in [-0.25, -0.2) is 9.97 Å². The van der Waals surface area contributed by atoms with Crippen LogP contribution in [0.4, 0.5) is 11.6 Å². The van der Waals surface area contributed by atoms with Crippen molar-refractivity contribution in [3.63, 3.8) is 0 Å². The molecule has 2 aromatic heterocycles. The van der Waals surface area contributed by atoms with Gasteiger partial charge < -0.3 is 15.2 Å². The fraction of sp³-hybridized carbons (Fsp3) is 0.500. The van der Waals surface area contributed by atoms with Crippen molar-refractivity contribution in [1.29, 1.82) is 0 Å². The fourth-order valence-corrected chi connectivity index (χ4v) is 1.65. The van der Waals surface area contributed by atoms with E-state index in [1.54, 1.807) is 6.33 Å². The first-order valence-corrected chi connectivity index (χ1v) is 6.41. The molecular weight excluding hydrogens is 242 g/mol. The minimum atomic E-state index is 0.586. The van der Waals surface area contributed by atoms with Gasteiger partial charge in [0.25, 0.3) is 0 Å². The summed E-state index contributed by atoms with van der Waals surface area (Å²) < 4.78 is 1.88. The highest BCUT2D eigenvalue weighted by Crippen LogP contribution is 2.12. The predicted molar refractivity (Wildman–Crippen MR) is 73.9 cm³/mol. The smallest absolute Gasteiger partial charge is 0.151 e. The van der Waals surface area contributed by atoms with Crippen molar-refractivity contribution in [2.24, 2.45) is 7.05 Å². The predicted octanol–water partition coefficient (Wildman–Crippen LogP) is 1.21. The third-order valence-electron chi connectivity index (χ3n) is 2.68. The molecule has 2 heterocycles. The van der Waals surface area contributed by atoms with Crippen LogP contribution in [0.5, 0.6) is 0 Å². The van der Waals surface area contributed by atoms with Gasteiger partial charge in [-0.3, -0.25) is 0 Å². The number of aryl methyl sites for hydroxylation is 2. The summed E-state index contributed by atoms with van der Waals surface area (Å²) in [5.74, 6) is 3.32. The number of nitrogens with one attached hydrogen (secondary N) is 2. The van der Waals surface area contributed by atoms with E-state index in [4.69, 9.17) is 0 Å². The van der Waals surface area contributed by atoms with E-state index in [2.05, 4.69) is 30.8 Å². The van der Waals surface area contributed by atoms with Gasteiger partial charge in [0, 0.05) is 26.1 Å². The third-order valence-corrected chi connectivity index (χ3v) is 2.68. The lowest BCUT2D eigenvalue weighted by atomic mass is 10.4. The van der Waals surface area contributed by atoms with Crippen molar-refractivity contribution in [3.8, 4) is 0 Å². The molecule has 0 saturated heterocycles. The molecular formula is C12H19N7. The molecule has 0 aliphatic heterocycles. The standard InChI is InChI=1S/C12H19N7/c1-4-9-16-10(13-5-2)6-11(17-9)14-7-12-18-15-8-19(12)3/h6,8H,4-5,7H2,1-3H3,(H2,13,14,16,17).